The normalized spacial score (nSPS) is 15.2. The van der Waals surface area contributed by atoms with Crippen LogP contribution in [0.4, 0.5) is 15.8 Å². The number of likely N-dealkylation sites (N-methyl/N-ethyl adjacent to an activating group) is 1. The lowest BCUT2D eigenvalue weighted by Gasteiger charge is -2.31. The number of nitrogens with zero attached hydrogens (tertiary/aromatic N) is 3. The Hall–Kier alpha value is -3.09. The van der Waals surface area contributed by atoms with E-state index in [4.69, 9.17) is 0 Å². The van der Waals surface area contributed by atoms with Gasteiger partial charge in [-0.05, 0) is 54.6 Å². The van der Waals surface area contributed by atoms with Crippen molar-refractivity contribution in [2.75, 3.05) is 18.0 Å². The second-order valence-electron chi connectivity index (χ2n) is 8.87. The van der Waals surface area contributed by atoms with E-state index in [0.29, 0.717) is 13.0 Å². The average Bonchev–Trinajstić information content (AvgIpc) is 3.17. The third-order valence-electron chi connectivity index (χ3n) is 6.97. The van der Waals surface area contributed by atoms with E-state index in [1.54, 1.807) is 17.8 Å². The van der Waals surface area contributed by atoms with Gasteiger partial charge >= 0.3 is 0 Å². The van der Waals surface area contributed by atoms with Crippen molar-refractivity contribution in [3.63, 3.8) is 0 Å². The molecule has 0 fully saturated rings. The number of para-hydroxylation sites is 2. The van der Waals surface area contributed by atoms with Crippen molar-refractivity contribution in [1.29, 1.82) is 0 Å². The van der Waals surface area contributed by atoms with E-state index in [-0.39, 0.29) is 11.7 Å². The first-order chi connectivity index (χ1) is 16.6. The Balaban J connectivity index is 1.35. The second kappa shape index (κ2) is 8.60. The van der Waals surface area contributed by atoms with E-state index in [2.05, 4.69) is 28.5 Å². The molecule has 0 aliphatic carbocycles. The number of hydrogen-bond donors (Lipinski definition) is 0. The topological polar surface area (TPSA) is 28.5 Å². The maximum Gasteiger partial charge on any atom is 0.233 e. The van der Waals surface area contributed by atoms with Crippen LogP contribution in [0.15, 0.2) is 76.5 Å². The number of carbonyl (C=O) groups excluding carboxylic acids is 1. The van der Waals surface area contributed by atoms with Gasteiger partial charge in [-0.15, -0.1) is 0 Å². The summed E-state index contributed by atoms with van der Waals surface area (Å²) in [6, 6.07) is 21.2. The number of aryl methyl sites for hydroxylation is 1. The lowest BCUT2D eigenvalue weighted by molar-refractivity contribution is -0.118. The summed E-state index contributed by atoms with van der Waals surface area (Å²) in [6.45, 7) is 5.54. The third kappa shape index (κ3) is 3.53. The molecule has 6 heteroatoms. The maximum atomic E-state index is 14.1. The van der Waals surface area contributed by atoms with Crippen LogP contribution >= 0.6 is 11.8 Å². The molecule has 3 aromatic carbocycles. The minimum atomic E-state index is -0.212. The Bertz CT molecular complexity index is 1370. The highest BCUT2D eigenvalue weighted by Crippen LogP contribution is 2.48. The lowest BCUT2D eigenvalue weighted by atomic mass is 10.0. The second-order valence-corrected chi connectivity index (χ2v) is 9.96. The van der Waals surface area contributed by atoms with Crippen LogP contribution in [-0.2, 0) is 24.3 Å². The largest absolute Gasteiger partial charge is 0.344 e. The summed E-state index contributed by atoms with van der Waals surface area (Å²) >= 11 is 1.70. The number of aromatic nitrogens is 1. The molecule has 0 N–H and O–H groups in total. The molecule has 34 heavy (non-hydrogen) atoms. The Morgan fingerprint density at radius 1 is 1.00 bits per heavy atom. The Morgan fingerprint density at radius 2 is 1.71 bits per heavy atom. The minimum Gasteiger partial charge on any atom is -0.344 e. The summed E-state index contributed by atoms with van der Waals surface area (Å²) in [5, 5.41) is 0.977. The zero-order chi connectivity index (χ0) is 23.2. The number of fused-ring (bicyclic) bond motifs is 5. The van der Waals surface area contributed by atoms with E-state index >= 15 is 0 Å². The summed E-state index contributed by atoms with van der Waals surface area (Å²) < 4.78 is 16.4. The summed E-state index contributed by atoms with van der Waals surface area (Å²) in [5.41, 5.74) is 5.35. The van der Waals surface area contributed by atoms with Crippen LogP contribution in [0.25, 0.3) is 10.9 Å². The van der Waals surface area contributed by atoms with Gasteiger partial charge < -0.3 is 4.57 Å². The van der Waals surface area contributed by atoms with Crippen LogP contribution < -0.4 is 4.90 Å². The molecular weight excluding hydrogens is 445 g/mol. The molecule has 0 unspecified atom stereocenters. The molecule has 6 rings (SSSR count). The fraction of sp³-hybridized carbons (Fsp3) is 0.250. The first kappa shape index (κ1) is 21.4. The van der Waals surface area contributed by atoms with E-state index in [9.17, 15) is 9.18 Å². The fourth-order valence-corrected chi connectivity index (χ4v) is 6.35. The first-order valence-corrected chi connectivity index (χ1v) is 12.7. The number of halogens is 1. The number of anilines is 2. The number of benzene rings is 3. The predicted octanol–water partition coefficient (Wildman–Crippen LogP) is 6.38. The molecule has 4 aromatic rings. The summed E-state index contributed by atoms with van der Waals surface area (Å²) in [7, 11) is 0. The quantitative estimate of drug-likeness (QED) is 0.346. The molecule has 0 spiro atoms. The van der Waals surface area contributed by atoms with Crippen molar-refractivity contribution in [2.24, 2.45) is 0 Å². The van der Waals surface area contributed by atoms with E-state index < -0.39 is 0 Å². The van der Waals surface area contributed by atoms with Gasteiger partial charge in [-0.2, -0.15) is 0 Å². The molecule has 1 aromatic heterocycles. The molecule has 0 saturated carbocycles. The van der Waals surface area contributed by atoms with Crippen molar-refractivity contribution in [3.05, 3.63) is 83.8 Å². The van der Waals surface area contributed by atoms with Crippen LogP contribution in [0.3, 0.4) is 0 Å². The highest BCUT2D eigenvalue weighted by Gasteiger charge is 2.29. The van der Waals surface area contributed by atoms with E-state index in [1.165, 1.54) is 17.3 Å². The predicted molar refractivity (Wildman–Crippen MR) is 135 cm³/mol. The van der Waals surface area contributed by atoms with Crippen molar-refractivity contribution in [2.45, 2.75) is 42.6 Å². The van der Waals surface area contributed by atoms with Gasteiger partial charge in [-0.1, -0.05) is 43.0 Å². The van der Waals surface area contributed by atoms with E-state index in [1.807, 2.05) is 47.4 Å². The summed E-state index contributed by atoms with van der Waals surface area (Å²) in [6.07, 6.45) is 1.29. The molecule has 0 atom stereocenters. The highest BCUT2D eigenvalue weighted by molar-refractivity contribution is 7.99. The van der Waals surface area contributed by atoms with Gasteiger partial charge in [0, 0.05) is 58.9 Å². The van der Waals surface area contributed by atoms with Crippen LogP contribution in [0.1, 0.15) is 24.6 Å². The summed E-state index contributed by atoms with van der Waals surface area (Å²) in [5.74, 6) is -0.139. The molecule has 4 nitrogen and oxygen atoms in total. The van der Waals surface area contributed by atoms with Gasteiger partial charge in [0.15, 0.2) is 0 Å². The standard InChI is InChI=1S/C28H26FN3OS/c1-2-30-15-13-23-21(18-30)20-17-19(29)11-12-22(20)31(23)16-14-28(33)32-24-7-3-5-9-26(24)34-27-10-6-4-8-25(27)32/h3-12,17H,2,13-16,18H2,1H3. The Labute approximate surface area is 203 Å². The number of rotatable bonds is 4. The maximum absolute atomic E-state index is 14.1. The summed E-state index contributed by atoms with van der Waals surface area (Å²) in [4.78, 5) is 20.2. The van der Waals surface area contributed by atoms with Crippen molar-refractivity contribution >= 4 is 39.9 Å². The van der Waals surface area contributed by atoms with Crippen LogP contribution in [0.5, 0.6) is 0 Å². The van der Waals surface area contributed by atoms with Gasteiger partial charge in [0.25, 0.3) is 0 Å². The molecule has 172 valence electrons. The van der Waals surface area contributed by atoms with Gasteiger partial charge in [-0.3, -0.25) is 14.6 Å². The van der Waals surface area contributed by atoms with Crippen molar-refractivity contribution < 1.29 is 9.18 Å². The van der Waals surface area contributed by atoms with Gasteiger partial charge in [0.2, 0.25) is 5.91 Å². The fourth-order valence-electron chi connectivity index (χ4n) is 5.30. The molecule has 3 heterocycles. The number of amides is 1. The SMILES string of the molecule is CCN1CCc2c(c3cc(F)ccc3n2CCC(=O)N2c3ccccc3Sc3ccccc32)C1. The van der Waals surface area contributed by atoms with Crippen molar-refractivity contribution in [3.8, 4) is 0 Å². The number of carbonyl (C=O) groups is 1. The smallest absolute Gasteiger partial charge is 0.233 e. The average molecular weight is 472 g/mol. The zero-order valence-corrected chi connectivity index (χ0v) is 19.9. The third-order valence-corrected chi connectivity index (χ3v) is 8.10. The lowest BCUT2D eigenvalue weighted by Crippen LogP contribution is -2.31. The minimum absolute atomic E-state index is 0.0731. The molecule has 0 radical (unpaired) electrons. The van der Waals surface area contributed by atoms with Crippen LogP contribution in [0.2, 0.25) is 0 Å². The monoisotopic (exact) mass is 471 g/mol. The molecule has 0 saturated heterocycles. The van der Waals surface area contributed by atoms with Crippen molar-refractivity contribution in [1.82, 2.24) is 9.47 Å². The Morgan fingerprint density at radius 3 is 2.41 bits per heavy atom. The highest BCUT2D eigenvalue weighted by atomic mass is 32.2. The van der Waals surface area contributed by atoms with Gasteiger partial charge in [0.1, 0.15) is 5.82 Å². The zero-order valence-electron chi connectivity index (χ0n) is 19.1. The molecule has 2 aliphatic rings. The van der Waals surface area contributed by atoms with Crippen LogP contribution in [-0.4, -0.2) is 28.5 Å². The Kier molecular flexibility index (Phi) is 5.42. The molecular formula is C28H26FN3OS. The molecule has 0 bridgehead atoms. The number of hydrogen-bond acceptors (Lipinski definition) is 3. The van der Waals surface area contributed by atoms with Crippen LogP contribution in [0, 0.1) is 5.82 Å². The van der Waals surface area contributed by atoms with Gasteiger partial charge in [0.05, 0.1) is 11.4 Å². The van der Waals surface area contributed by atoms with Gasteiger partial charge in [-0.25, -0.2) is 4.39 Å². The molecule has 2 aliphatic heterocycles. The van der Waals surface area contributed by atoms with E-state index in [0.717, 1.165) is 58.1 Å². The first-order valence-electron chi connectivity index (χ1n) is 11.8. The molecule has 1 amide bonds.